The first-order valence-corrected chi connectivity index (χ1v) is 8.93. The molecule has 4 nitrogen and oxygen atoms in total. The molecule has 1 amide bonds. The standard InChI is InChI=1S/C19H20ClF2N3O/c1-13(19(26)23-15-4-7-18(22)17(20)12-15)24-8-10-25(11-9-24)16-5-2-14(21)3-6-16/h2-7,12-13H,8-11H2,1H3,(H,23,26)/p+1/t13-/m0/s1. The lowest BCUT2D eigenvalue weighted by atomic mass is 10.2. The molecular weight excluding hydrogens is 360 g/mol. The Balaban J connectivity index is 1.55. The Morgan fingerprint density at radius 3 is 2.42 bits per heavy atom. The minimum atomic E-state index is -0.514. The summed E-state index contributed by atoms with van der Waals surface area (Å²) < 4.78 is 26.3. The summed E-state index contributed by atoms with van der Waals surface area (Å²) in [5.74, 6) is -0.887. The minimum Gasteiger partial charge on any atom is -0.360 e. The maximum absolute atomic E-state index is 13.2. The Hall–Kier alpha value is -2.18. The smallest absolute Gasteiger partial charge is 0.282 e. The van der Waals surface area contributed by atoms with Crippen LogP contribution in [0.4, 0.5) is 20.2 Å². The average molecular weight is 381 g/mol. The highest BCUT2D eigenvalue weighted by Crippen LogP contribution is 2.19. The van der Waals surface area contributed by atoms with Crippen molar-refractivity contribution in [2.75, 3.05) is 36.4 Å². The van der Waals surface area contributed by atoms with Crippen LogP contribution in [0.2, 0.25) is 5.02 Å². The van der Waals surface area contributed by atoms with Crippen molar-refractivity contribution < 1.29 is 18.5 Å². The average Bonchev–Trinajstić information content (AvgIpc) is 2.65. The van der Waals surface area contributed by atoms with Crippen LogP contribution in [0.15, 0.2) is 42.5 Å². The van der Waals surface area contributed by atoms with Crippen molar-refractivity contribution in [2.24, 2.45) is 0 Å². The molecule has 0 aliphatic carbocycles. The zero-order valence-electron chi connectivity index (χ0n) is 14.4. The highest BCUT2D eigenvalue weighted by Gasteiger charge is 2.29. The maximum Gasteiger partial charge on any atom is 0.282 e. The number of carbonyl (C=O) groups is 1. The van der Waals surface area contributed by atoms with Crippen LogP contribution >= 0.6 is 11.6 Å². The molecule has 0 spiro atoms. The van der Waals surface area contributed by atoms with Gasteiger partial charge in [-0.15, -0.1) is 0 Å². The number of piperazine rings is 1. The van der Waals surface area contributed by atoms with Gasteiger partial charge >= 0.3 is 0 Å². The zero-order chi connectivity index (χ0) is 18.7. The number of nitrogens with zero attached hydrogens (tertiary/aromatic N) is 1. The SMILES string of the molecule is C[C@@H](C(=O)Nc1ccc(F)c(Cl)c1)[NH+]1CCN(c2ccc(F)cc2)CC1. The fraction of sp³-hybridized carbons (Fsp3) is 0.316. The summed E-state index contributed by atoms with van der Waals surface area (Å²) in [6.45, 7) is 5.07. The summed E-state index contributed by atoms with van der Waals surface area (Å²) in [5.41, 5.74) is 1.47. The monoisotopic (exact) mass is 380 g/mol. The van der Waals surface area contributed by atoms with Crippen molar-refractivity contribution in [1.29, 1.82) is 0 Å². The van der Waals surface area contributed by atoms with E-state index in [1.165, 1.54) is 35.2 Å². The number of halogens is 3. The van der Waals surface area contributed by atoms with Crippen LogP contribution in [0.3, 0.4) is 0 Å². The second kappa shape index (κ2) is 8.01. The molecule has 2 N–H and O–H groups in total. The highest BCUT2D eigenvalue weighted by atomic mass is 35.5. The van der Waals surface area contributed by atoms with Crippen LogP contribution in [0, 0.1) is 11.6 Å². The quantitative estimate of drug-likeness (QED) is 0.854. The number of rotatable bonds is 4. The van der Waals surface area contributed by atoms with Crippen LogP contribution in [0.25, 0.3) is 0 Å². The van der Waals surface area contributed by atoms with Crippen LogP contribution in [-0.4, -0.2) is 38.1 Å². The van der Waals surface area contributed by atoms with Crippen molar-refractivity contribution in [3.8, 4) is 0 Å². The van der Waals surface area contributed by atoms with Crippen molar-refractivity contribution in [1.82, 2.24) is 0 Å². The number of anilines is 2. The van der Waals surface area contributed by atoms with E-state index in [9.17, 15) is 13.6 Å². The molecule has 138 valence electrons. The first-order valence-electron chi connectivity index (χ1n) is 8.55. The second-order valence-corrected chi connectivity index (χ2v) is 6.87. The fourth-order valence-electron chi connectivity index (χ4n) is 3.15. The molecule has 3 rings (SSSR count). The van der Waals surface area contributed by atoms with E-state index in [1.54, 1.807) is 12.1 Å². The Morgan fingerprint density at radius 1 is 1.15 bits per heavy atom. The lowest BCUT2D eigenvalue weighted by Crippen LogP contribution is -3.19. The molecule has 1 saturated heterocycles. The van der Waals surface area contributed by atoms with Crippen molar-refractivity contribution >= 4 is 28.9 Å². The predicted octanol–water partition coefficient (Wildman–Crippen LogP) is 2.35. The van der Waals surface area contributed by atoms with E-state index >= 15 is 0 Å². The molecule has 1 heterocycles. The molecule has 1 aliphatic rings. The summed E-state index contributed by atoms with van der Waals surface area (Å²) in [4.78, 5) is 15.8. The van der Waals surface area contributed by atoms with Crippen LogP contribution < -0.4 is 15.1 Å². The number of hydrogen-bond donors (Lipinski definition) is 2. The van der Waals surface area contributed by atoms with Crippen LogP contribution in [0.1, 0.15) is 6.92 Å². The van der Waals surface area contributed by atoms with Gasteiger partial charge in [0.15, 0.2) is 6.04 Å². The van der Waals surface area contributed by atoms with Gasteiger partial charge in [-0.3, -0.25) is 4.79 Å². The number of benzene rings is 2. The molecule has 1 aliphatic heterocycles. The number of carbonyl (C=O) groups excluding carboxylic acids is 1. The van der Waals surface area contributed by atoms with E-state index < -0.39 is 5.82 Å². The molecule has 1 fully saturated rings. The van der Waals surface area contributed by atoms with E-state index in [0.717, 1.165) is 31.9 Å². The Kier molecular flexibility index (Phi) is 5.74. The summed E-state index contributed by atoms with van der Waals surface area (Å²) in [5, 5.41) is 2.77. The summed E-state index contributed by atoms with van der Waals surface area (Å²) >= 11 is 5.75. The lowest BCUT2D eigenvalue weighted by molar-refractivity contribution is -0.914. The molecule has 0 aromatic heterocycles. The molecule has 0 radical (unpaired) electrons. The predicted molar refractivity (Wildman–Crippen MR) is 98.8 cm³/mol. The van der Waals surface area contributed by atoms with E-state index in [1.807, 2.05) is 6.92 Å². The molecule has 7 heteroatoms. The van der Waals surface area contributed by atoms with Gasteiger partial charge in [-0.25, -0.2) is 8.78 Å². The second-order valence-electron chi connectivity index (χ2n) is 6.46. The third kappa shape index (κ3) is 4.31. The van der Waals surface area contributed by atoms with E-state index in [4.69, 9.17) is 11.6 Å². The fourth-order valence-corrected chi connectivity index (χ4v) is 3.33. The van der Waals surface area contributed by atoms with Gasteiger partial charge in [0, 0.05) is 11.4 Å². The first-order chi connectivity index (χ1) is 12.4. The molecule has 0 bridgehead atoms. The number of hydrogen-bond acceptors (Lipinski definition) is 2. The van der Waals surface area contributed by atoms with Gasteiger partial charge < -0.3 is 15.1 Å². The van der Waals surface area contributed by atoms with E-state index in [0.29, 0.717) is 5.69 Å². The molecule has 2 aromatic carbocycles. The summed E-state index contributed by atoms with van der Waals surface area (Å²) in [6, 6.07) is 10.4. The third-order valence-electron chi connectivity index (χ3n) is 4.79. The maximum atomic E-state index is 13.2. The third-order valence-corrected chi connectivity index (χ3v) is 5.08. The molecular formula is C19H21ClF2N3O+. The number of quaternary nitrogens is 1. The largest absolute Gasteiger partial charge is 0.360 e. The Morgan fingerprint density at radius 2 is 1.81 bits per heavy atom. The van der Waals surface area contributed by atoms with Crippen molar-refractivity contribution in [2.45, 2.75) is 13.0 Å². The van der Waals surface area contributed by atoms with Gasteiger partial charge in [0.1, 0.15) is 11.6 Å². The van der Waals surface area contributed by atoms with Crippen molar-refractivity contribution in [3.63, 3.8) is 0 Å². The van der Waals surface area contributed by atoms with E-state index in [-0.39, 0.29) is 22.8 Å². The molecule has 26 heavy (non-hydrogen) atoms. The minimum absolute atomic E-state index is 0.0179. The lowest BCUT2D eigenvalue weighted by Gasteiger charge is -2.36. The van der Waals surface area contributed by atoms with Gasteiger partial charge in [-0.2, -0.15) is 0 Å². The molecule has 0 unspecified atom stereocenters. The topological polar surface area (TPSA) is 36.8 Å². The molecule has 1 atom stereocenters. The Bertz CT molecular complexity index is 777. The Labute approximate surface area is 156 Å². The van der Waals surface area contributed by atoms with Gasteiger partial charge in [0.2, 0.25) is 0 Å². The number of amides is 1. The van der Waals surface area contributed by atoms with Crippen LogP contribution in [0.5, 0.6) is 0 Å². The van der Waals surface area contributed by atoms with Gasteiger partial charge in [0.25, 0.3) is 5.91 Å². The zero-order valence-corrected chi connectivity index (χ0v) is 15.2. The highest BCUT2D eigenvalue weighted by molar-refractivity contribution is 6.31. The van der Waals surface area contributed by atoms with Gasteiger partial charge in [0.05, 0.1) is 31.2 Å². The van der Waals surface area contributed by atoms with E-state index in [2.05, 4.69) is 10.2 Å². The number of nitrogens with one attached hydrogen (secondary N) is 2. The molecule has 2 aromatic rings. The van der Waals surface area contributed by atoms with Gasteiger partial charge in [-0.05, 0) is 49.4 Å². The normalized spacial score (nSPS) is 16.4. The molecule has 0 saturated carbocycles. The van der Waals surface area contributed by atoms with Crippen LogP contribution in [-0.2, 0) is 4.79 Å². The van der Waals surface area contributed by atoms with Gasteiger partial charge in [-0.1, -0.05) is 11.6 Å². The summed E-state index contributed by atoms with van der Waals surface area (Å²) in [6.07, 6.45) is 0. The first kappa shape index (κ1) is 18.6. The van der Waals surface area contributed by atoms with Crippen molar-refractivity contribution in [3.05, 3.63) is 59.1 Å². The summed E-state index contributed by atoms with van der Waals surface area (Å²) in [7, 11) is 0.